The first-order valence-corrected chi connectivity index (χ1v) is 9.96. The molecule has 0 aliphatic heterocycles. The lowest BCUT2D eigenvalue weighted by Crippen LogP contribution is -2.18. The molecule has 1 aromatic heterocycles. The predicted molar refractivity (Wildman–Crippen MR) is 110 cm³/mol. The zero-order valence-electron chi connectivity index (χ0n) is 17.4. The minimum absolute atomic E-state index is 0.215. The summed E-state index contributed by atoms with van der Waals surface area (Å²) in [6.07, 6.45) is 7.35. The summed E-state index contributed by atoms with van der Waals surface area (Å²) in [4.78, 5) is 0. The average Bonchev–Trinajstić information content (AvgIpc) is 3.10. The van der Waals surface area contributed by atoms with Gasteiger partial charge in [0, 0.05) is 6.07 Å². The van der Waals surface area contributed by atoms with Crippen molar-refractivity contribution in [2.24, 2.45) is 5.92 Å². The predicted octanol–water partition coefficient (Wildman–Crippen LogP) is 6.78. The summed E-state index contributed by atoms with van der Waals surface area (Å²) in [6.45, 7) is 16.4. The van der Waals surface area contributed by atoms with Crippen LogP contribution in [0.15, 0.2) is 28.9 Å². The van der Waals surface area contributed by atoms with Gasteiger partial charge in [0.05, 0.1) is 6.20 Å². The number of rotatable bonds is 5. The SMILES string of the molecule is CCCc1cc2c(cc1C(=Cc1ccno1)C(C)C)C(C)(C)CC2(C)C. The Morgan fingerprint density at radius 2 is 1.81 bits per heavy atom. The van der Waals surface area contributed by atoms with E-state index in [1.54, 1.807) is 6.20 Å². The zero-order valence-corrected chi connectivity index (χ0v) is 17.4. The van der Waals surface area contributed by atoms with Crippen molar-refractivity contribution in [1.82, 2.24) is 5.16 Å². The van der Waals surface area contributed by atoms with Crippen LogP contribution in [0.2, 0.25) is 0 Å². The first-order valence-electron chi connectivity index (χ1n) is 9.96. The molecule has 0 spiro atoms. The van der Waals surface area contributed by atoms with Crippen LogP contribution in [0.3, 0.4) is 0 Å². The summed E-state index contributed by atoms with van der Waals surface area (Å²) >= 11 is 0. The van der Waals surface area contributed by atoms with E-state index in [1.165, 1.54) is 34.2 Å². The van der Waals surface area contributed by atoms with Crippen molar-refractivity contribution >= 4 is 11.6 Å². The second kappa shape index (κ2) is 6.72. The van der Waals surface area contributed by atoms with Crippen LogP contribution < -0.4 is 0 Å². The van der Waals surface area contributed by atoms with Crippen molar-refractivity contribution in [1.29, 1.82) is 0 Å². The Balaban J connectivity index is 2.23. The van der Waals surface area contributed by atoms with Crippen LogP contribution >= 0.6 is 0 Å². The molecule has 3 rings (SSSR count). The van der Waals surface area contributed by atoms with E-state index in [4.69, 9.17) is 4.52 Å². The normalized spacial score (nSPS) is 18.4. The average molecular weight is 352 g/mol. The fourth-order valence-corrected chi connectivity index (χ4v) is 4.81. The molecule has 2 nitrogen and oxygen atoms in total. The van der Waals surface area contributed by atoms with Gasteiger partial charge in [0.25, 0.3) is 0 Å². The van der Waals surface area contributed by atoms with Gasteiger partial charge in [-0.25, -0.2) is 0 Å². The van der Waals surface area contributed by atoms with Gasteiger partial charge >= 0.3 is 0 Å². The van der Waals surface area contributed by atoms with Gasteiger partial charge in [-0.2, -0.15) is 0 Å². The highest BCUT2D eigenvalue weighted by atomic mass is 16.5. The number of aryl methyl sites for hydroxylation is 1. The number of allylic oxidation sites excluding steroid dienone is 1. The number of nitrogens with zero attached hydrogens (tertiary/aromatic N) is 1. The van der Waals surface area contributed by atoms with Gasteiger partial charge in [0.1, 0.15) is 0 Å². The first-order chi connectivity index (χ1) is 12.2. The maximum atomic E-state index is 5.38. The molecule has 0 saturated heterocycles. The van der Waals surface area contributed by atoms with Gasteiger partial charge in [-0.1, -0.05) is 72.2 Å². The van der Waals surface area contributed by atoms with E-state index in [1.807, 2.05) is 6.07 Å². The lowest BCUT2D eigenvalue weighted by molar-refractivity contribution is 0.403. The van der Waals surface area contributed by atoms with E-state index >= 15 is 0 Å². The lowest BCUT2D eigenvalue weighted by Gasteiger charge is -2.23. The molecule has 0 radical (unpaired) electrons. The second-order valence-electron chi connectivity index (χ2n) is 9.42. The van der Waals surface area contributed by atoms with Gasteiger partial charge in [0.2, 0.25) is 0 Å². The summed E-state index contributed by atoms with van der Waals surface area (Å²) < 4.78 is 5.38. The standard InChI is InChI=1S/C24H33NO/c1-8-9-17-12-21-22(24(6,7)15-23(21,4)5)14-20(17)19(16(2)3)13-18-10-11-25-26-18/h10-14,16H,8-9,15H2,1-7H3. The molecule has 0 N–H and O–H groups in total. The van der Waals surface area contributed by atoms with Crippen LogP contribution in [0.25, 0.3) is 11.6 Å². The molecule has 0 atom stereocenters. The van der Waals surface area contributed by atoms with Crippen LogP contribution in [0.5, 0.6) is 0 Å². The van der Waals surface area contributed by atoms with Gasteiger partial charge in [-0.05, 0) is 63.5 Å². The van der Waals surface area contributed by atoms with E-state index in [9.17, 15) is 0 Å². The van der Waals surface area contributed by atoms with Gasteiger partial charge in [-0.15, -0.1) is 0 Å². The highest BCUT2D eigenvalue weighted by molar-refractivity contribution is 5.83. The van der Waals surface area contributed by atoms with Gasteiger partial charge in [0.15, 0.2) is 5.76 Å². The third kappa shape index (κ3) is 3.39. The number of fused-ring (bicyclic) bond motifs is 1. The Kier molecular flexibility index (Phi) is 4.90. The molecule has 0 saturated carbocycles. The molecule has 1 heterocycles. The summed E-state index contributed by atoms with van der Waals surface area (Å²) in [5, 5.41) is 3.87. The summed E-state index contributed by atoms with van der Waals surface area (Å²) in [5.74, 6) is 1.25. The molecule has 1 aromatic carbocycles. The molecule has 26 heavy (non-hydrogen) atoms. The maximum absolute atomic E-state index is 5.38. The van der Waals surface area contributed by atoms with Crippen molar-refractivity contribution in [3.8, 4) is 0 Å². The molecule has 2 heteroatoms. The summed E-state index contributed by atoms with van der Waals surface area (Å²) in [6, 6.07) is 6.92. The molecule has 140 valence electrons. The molecule has 0 fully saturated rings. The molecule has 1 aliphatic carbocycles. The van der Waals surface area contributed by atoms with E-state index in [0.717, 1.165) is 18.6 Å². The Morgan fingerprint density at radius 1 is 1.15 bits per heavy atom. The smallest absolute Gasteiger partial charge is 0.159 e. The number of hydrogen-bond acceptors (Lipinski definition) is 2. The number of benzene rings is 1. The van der Waals surface area contributed by atoms with Crippen LogP contribution in [-0.4, -0.2) is 5.16 Å². The van der Waals surface area contributed by atoms with Gasteiger partial charge < -0.3 is 4.52 Å². The Bertz CT molecular complexity index is 807. The number of hydrogen-bond donors (Lipinski definition) is 0. The Labute approximate surface area is 158 Å². The van der Waals surface area contributed by atoms with Crippen LogP contribution in [0.1, 0.15) is 89.3 Å². The fourth-order valence-electron chi connectivity index (χ4n) is 4.81. The second-order valence-corrected chi connectivity index (χ2v) is 9.42. The maximum Gasteiger partial charge on any atom is 0.159 e. The van der Waals surface area contributed by atoms with E-state index < -0.39 is 0 Å². The molecule has 2 aromatic rings. The van der Waals surface area contributed by atoms with Crippen molar-refractivity contribution < 1.29 is 4.52 Å². The van der Waals surface area contributed by atoms with Crippen molar-refractivity contribution in [2.45, 2.75) is 78.6 Å². The van der Waals surface area contributed by atoms with Gasteiger partial charge in [-0.3, -0.25) is 0 Å². The zero-order chi connectivity index (χ0) is 19.1. The first kappa shape index (κ1) is 18.9. The fraction of sp³-hybridized carbons (Fsp3) is 0.542. The molecular formula is C24H33NO. The van der Waals surface area contributed by atoms with E-state index in [0.29, 0.717) is 5.92 Å². The molecule has 1 aliphatic rings. The molecule has 0 bridgehead atoms. The monoisotopic (exact) mass is 351 g/mol. The molecular weight excluding hydrogens is 318 g/mol. The minimum Gasteiger partial charge on any atom is -0.357 e. The van der Waals surface area contributed by atoms with Crippen LogP contribution in [-0.2, 0) is 17.3 Å². The Hall–Kier alpha value is -1.83. The topological polar surface area (TPSA) is 26.0 Å². The summed E-state index contributed by atoms with van der Waals surface area (Å²) in [5.41, 5.74) is 7.71. The largest absolute Gasteiger partial charge is 0.357 e. The van der Waals surface area contributed by atoms with E-state index in [-0.39, 0.29) is 10.8 Å². The third-order valence-electron chi connectivity index (χ3n) is 5.79. The van der Waals surface area contributed by atoms with Crippen LogP contribution in [0, 0.1) is 5.92 Å². The minimum atomic E-state index is 0.215. The van der Waals surface area contributed by atoms with Crippen LogP contribution in [0.4, 0.5) is 0 Å². The summed E-state index contributed by atoms with van der Waals surface area (Å²) in [7, 11) is 0. The lowest BCUT2D eigenvalue weighted by atomic mass is 9.81. The number of aromatic nitrogens is 1. The Morgan fingerprint density at radius 3 is 2.35 bits per heavy atom. The van der Waals surface area contributed by atoms with Crippen molar-refractivity contribution in [3.63, 3.8) is 0 Å². The highest BCUT2D eigenvalue weighted by Gasteiger charge is 2.42. The quantitative estimate of drug-likeness (QED) is 0.593. The molecule has 0 unspecified atom stereocenters. The van der Waals surface area contributed by atoms with Crippen molar-refractivity contribution in [3.05, 3.63) is 52.4 Å². The molecule has 0 amide bonds. The van der Waals surface area contributed by atoms with Crippen molar-refractivity contribution in [2.75, 3.05) is 0 Å². The van der Waals surface area contributed by atoms with E-state index in [2.05, 4.69) is 71.8 Å². The third-order valence-corrected chi connectivity index (χ3v) is 5.79. The highest BCUT2D eigenvalue weighted by Crippen LogP contribution is 2.51.